The van der Waals surface area contributed by atoms with E-state index in [4.69, 9.17) is 27.1 Å². The van der Waals surface area contributed by atoms with E-state index in [1.54, 1.807) is 0 Å². The second kappa shape index (κ2) is 19.6. The van der Waals surface area contributed by atoms with Gasteiger partial charge in [0, 0.05) is 11.1 Å². The Morgan fingerprint density at radius 3 is 0.968 bits per heavy atom. The molecule has 6 nitrogen and oxygen atoms in total. The molecular weight excluding hydrogens is 807 g/mol. The molecule has 0 unspecified atom stereocenters. The molecule has 322 valence electrons. The number of rotatable bonds is 15. The molecule has 6 aromatic carbocycles. The van der Waals surface area contributed by atoms with Crippen molar-refractivity contribution in [1.82, 2.24) is 0 Å². The van der Waals surface area contributed by atoms with Crippen LogP contribution in [0.5, 0.6) is 34.5 Å². The van der Waals surface area contributed by atoms with Crippen molar-refractivity contribution in [1.29, 1.82) is 0 Å². The summed E-state index contributed by atoms with van der Waals surface area (Å²) in [6, 6.07) is 37.1. The van der Waals surface area contributed by atoms with Crippen molar-refractivity contribution in [2.75, 3.05) is 0 Å². The molecule has 0 saturated heterocycles. The Bertz CT molecular complexity index is 2260. The Balaban J connectivity index is 1.38. The zero-order chi connectivity index (χ0) is 43.3. The van der Waals surface area contributed by atoms with Gasteiger partial charge in [0.15, 0.2) is 0 Å². The van der Waals surface area contributed by atoms with Gasteiger partial charge in [-0.3, -0.25) is 0 Å². The van der Waals surface area contributed by atoms with E-state index < -0.39 is 17.2 Å². The monoisotopic (exact) mass is 866 g/mol. The van der Waals surface area contributed by atoms with Crippen molar-refractivity contribution < 1.29 is 27.1 Å². The highest BCUT2D eigenvalue weighted by molar-refractivity contribution is 7.43. The molecule has 8 rings (SSSR count). The third kappa shape index (κ3) is 9.63. The summed E-state index contributed by atoms with van der Waals surface area (Å²) in [4.78, 5) is 0. The molecule has 62 heavy (non-hydrogen) atoms. The van der Waals surface area contributed by atoms with Crippen molar-refractivity contribution in [3.63, 3.8) is 0 Å². The van der Waals surface area contributed by atoms with E-state index in [1.807, 2.05) is 72.8 Å². The van der Waals surface area contributed by atoms with Gasteiger partial charge in [-0.2, -0.15) is 0 Å². The van der Waals surface area contributed by atoms with E-state index in [2.05, 4.69) is 91.8 Å². The van der Waals surface area contributed by atoms with Crippen LogP contribution in [0.4, 0.5) is 0 Å². The largest absolute Gasteiger partial charge is 0.530 e. The van der Waals surface area contributed by atoms with E-state index in [-0.39, 0.29) is 11.8 Å². The summed E-state index contributed by atoms with van der Waals surface area (Å²) < 4.78 is 42.3. The zero-order valence-electron chi connectivity index (χ0n) is 37.5. The minimum absolute atomic E-state index is 0.143. The smallest absolute Gasteiger partial charge is 0.408 e. The number of hydrogen-bond donors (Lipinski definition) is 0. The normalized spacial score (nSPS) is 13.5. The first kappa shape index (κ1) is 43.6. The first-order valence-electron chi connectivity index (χ1n) is 22.3. The Kier molecular flexibility index (Phi) is 13.8. The van der Waals surface area contributed by atoms with Crippen molar-refractivity contribution in [2.45, 2.75) is 119 Å². The molecular formula is C54H60O6P2. The fourth-order valence-corrected chi connectivity index (χ4v) is 11.0. The maximum atomic E-state index is 7.46. The van der Waals surface area contributed by atoms with Gasteiger partial charge in [-0.25, -0.2) is 0 Å². The van der Waals surface area contributed by atoms with Crippen LogP contribution in [-0.2, 0) is 25.7 Å². The molecule has 0 N–H and O–H groups in total. The molecule has 2 aliphatic carbocycles. The summed E-state index contributed by atoms with van der Waals surface area (Å²) in [5.74, 6) is 4.81. The van der Waals surface area contributed by atoms with Crippen LogP contribution in [0.1, 0.15) is 121 Å². The van der Waals surface area contributed by atoms with E-state index in [1.165, 1.54) is 22.3 Å². The van der Waals surface area contributed by atoms with Crippen LogP contribution in [0, 0.1) is 27.7 Å². The van der Waals surface area contributed by atoms with Gasteiger partial charge in [-0.1, -0.05) is 113 Å². The van der Waals surface area contributed by atoms with Gasteiger partial charge >= 0.3 is 17.2 Å². The van der Waals surface area contributed by atoms with Gasteiger partial charge in [0.25, 0.3) is 0 Å². The average Bonchev–Trinajstić information content (AvgIpc) is 3.26. The lowest BCUT2D eigenvalue weighted by Crippen LogP contribution is -2.15. The Labute approximate surface area is 371 Å². The van der Waals surface area contributed by atoms with Crippen molar-refractivity contribution in [2.24, 2.45) is 0 Å². The molecule has 0 radical (unpaired) electrons. The lowest BCUT2D eigenvalue weighted by molar-refractivity contribution is 0.380. The summed E-state index contributed by atoms with van der Waals surface area (Å²) in [6.07, 6.45) is 8.38. The van der Waals surface area contributed by atoms with Crippen molar-refractivity contribution >= 4 is 17.2 Å². The molecule has 0 atom stereocenters. The van der Waals surface area contributed by atoms with Gasteiger partial charge in [0.1, 0.15) is 34.5 Å². The highest BCUT2D eigenvalue weighted by atomic mass is 31.2. The first-order chi connectivity index (χ1) is 30.0. The van der Waals surface area contributed by atoms with Crippen LogP contribution in [0.3, 0.4) is 0 Å². The van der Waals surface area contributed by atoms with E-state index in [9.17, 15) is 0 Å². The second-order valence-electron chi connectivity index (χ2n) is 17.4. The molecule has 0 aromatic heterocycles. The summed E-state index contributed by atoms with van der Waals surface area (Å²) >= 11 is 0. The Morgan fingerprint density at radius 1 is 0.387 bits per heavy atom. The minimum Gasteiger partial charge on any atom is -0.408 e. The summed E-state index contributed by atoms with van der Waals surface area (Å²) in [6.45, 7) is 17.3. The quantitative estimate of drug-likeness (QED) is 0.0959. The predicted molar refractivity (Wildman–Crippen MR) is 256 cm³/mol. The van der Waals surface area contributed by atoms with Gasteiger partial charge in [-0.15, -0.1) is 0 Å². The molecule has 0 bridgehead atoms. The Morgan fingerprint density at radius 2 is 0.677 bits per heavy atom. The molecule has 0 aliphatic heterocycles. The third-order valence-corrected chi connectivity index (χ3v) is 14.2. The molecule has 0 amide bonds. The summed E-state index contributed by atoms with van der Waals surface area (Å²) in [5, 5.41) is 0. The topological polar surface area (TPSA) is 55.4 Å². The zero-order valence-corrected chi connectivity index (χ0v) is 39.3. The van der Waals surface area contributed by atoms with E-state index in [0.717, 1.165) is 130 Å². The fourth-order valence-electron chi connectivity index (χ4n) is 8.62. The molecule has 6 aromatic rings. The molecule has 0 saturated carbocycles. The molecule has 0 heterocycles. The lowest BCUT2D eigenvalue weighted by Gasteiger charge is -2.32. The molecule has 0 fully saturated rings. The lowest BCUT2D eigenvalue weighted by atomic mass is 9.76. The predicted octanol–water partition coefficient (Wildman–Crippen LogP) is 16.1. The van der Waals surface area contributed by atoms with Crippen LogP contribution in [-0.4, -0.2) is 0 Å². The average molecular weight is 867 g/mol. The van der Waals surface area contributed by atoms with Gasteiger partial charge in [0.2, 0.25) is 0 Å². The van der Waals surface area contributed by atoms with Gasteiger partial charge in [0.05, 0.1) is 0 Å². The molecule has 0 spiro atoms. The molecule has 2 aliphatic rings. The summed E-state index contributed by atoms with van der Waals surface area (Å²) in [5.41, 5.74) is 13.9. The number of aryl methyl sites for hydroxylation is 6. The van der Waals surface area contributed by atoms with Gasteiger partial charge in [-0.05, 0) is 171 Å². The van der Waals surface area contributed by atoms with E-state index in [0.29, 0.717) is 0 Å². The number of hydrogen-bond acceptors (Lipinski definition) is 6. The molecule has 8 heteroatoms. The number of benzene rings is 6. The standard InChI is InChI=1S/C54H60O6P2/c1-35(2)45-33-41-25-13-15-27-43(41)51(53(45)59-61(55-47-29-17-9-21-37(47)5)56-48-30-18-10-22-38(48)6)52-44-28-16-14-26-42(44)34-46(36(3)4)54(52)60-62(57-49-31-19-11-23-39(49)7)58-50-32-20-12-24-40(50)8/h9-12,17-24,29-36H,13-16,25-28H2,1-8H3. The van der Waals surface area contributed by atoms with Crippen LogP contribution in [0.2, 0.25) is 0 Å². The first-order valence-corrected chi connectivity index (χ1v) is 24.5. The van der Waals surface area contributed by atoms with Crippen LogP contribution >= 0.6 is 17.2 Å². The Hall–Kier alpha value is -5.02. The van der Waals surface area contributed by atoms with Crippen molar-refractivity contribution in [3.05, 3.63) is 165 Å². The van der Waals surface area contributed by atoms with Crippen LogP contribution in [0.15, 0.2) is 109 Å². The third-order valence-electron chi connectivity index (χ3n) is 12.2. The maximum Gasteiger partial charge on any atom is 0.530 e. The number of fused-ring (bicyclic) bond motifs is 2. The minimum atomic E-state index is -2.00. The highest BCUT2D eigenvalue weighted by Gasteiger charge is 2.36. The fraction of sp³-hybridized carbons (Fsp3) is 0.333. The maximum absolute atomic E-state index is 7.46. The summed E-state index contributed by atoms with van der Waals surface area (Å²) in [7, 11) is -4.00. The van der Waals surface area contributed by atoms with Gasteiger partial charge < -0.3 is 27.1 Å². The SMILES string of the molecule is Cc1ccccc1OP(Oc1ccccc1C)Oc1c(C(C)C)cc2c(c1-c1c3c(cc(C(C)C)c1OP(Oc1ccccc1C)Oc1ccccc1C)CCCC3)CCCC2. The number of para-hydroxylation sites is 4. The van der Waals surface area contributed by atoms with E-state index >= 15 is 0 Å². The van der Waals surface area contributed by atoms with Crippen LogP contribution in [0.25, 0.3) is 11.1 Å². The second-order valence-corrected chi connectivity index (χ2v) is 19.4. The van der Waals surface area contributed by atoms with Crippen LogP contribution < -0.4 is 27.1 Å². The van der Waals surface area contributed by atoms with Crippen molar-refractivity contribution in [3.8, 4) is 45.6 Å². The highest BCUT2D eigenvalue weighted by Crippen LogP contribution is 2.57.